The van der Waals surface area contributed by atoms with E-state index in [1.165, 1.54) is 18.2 Å². The van der Waals surface area contributed by atoms with Crippen molar-refractivity contribution >= 4 is 40.7 Å². The molecule has 0 fully saturated rings. The molecule has 2 aromatic rings. The van der Waals surface area contributed by atoms with Gasteiger partial charge in [-0.05, 0) is 49.6 Å². The van der Waals surface area contributed by atoms with E-state index >= 15 is 0 Å². The van der Waals surface area contributed by atoms with E-state index in [0.717, 1.165) is 10.5 Å². The fourth-order valence-corrected chi connectivity index (χ4v) is 3.61. The van der Waals surface area contributed by atoms with E-state index in [4.69, 9.17) is 11.6 Å². The van der Waals surface area contributed by atoms with Gasteiger partial charge in [0.25, 0.3) is 17.5 Å². The summed E-state index contributed by atoms with van der Waals surface area (Å²) in [6, 6.07) is 9.25. The quantitative estimate of drug-likeness (QED) is 0.290. The Morgan fingerprint density at radius 2 is 1.90 bits per heavy atom. The molecule has 3 rings (SSSR count). The molecule has 1 heterocycles. The number of nitro groups is 1. The molecule has 0 aromatic heterocycles. The summed E-state index contributed by atoms with van der Waals surface area (Å²) in [6.07, 6.45) is 2.02. The van der Waals surface area contributed by atoms with Crippen LogP contribution in [0.5, 0.6) is 0 Å². The SMILES string of the molecule is Cc1cc(Cl)ccc1NC(=O)CCCCCN1C(=O)c2cccc([N+](=O)[O-])c2C1=O. The largest absolute Gasteiger partial charge is 0.326 e. The number of amides is 3. The normalized spacial score (nSPS) is 12.8. The minimum atomic E-state index is -0.658. The van der Waals surface area contributed by atoms with Gasteiger partial charge in [0.05, 0.1) is 10.5 Å². The summed E-state index contributed by atoms with van der Waals surface area (Å²) in [5.41, 5.74) is 1.13. The van der Waals surface area contributed by atoms with Gasteiger partial charge in [-0.25, -0.2) is 0 Å². The third kappa shape index (κ3) is 4.49. The van der Waals surface area contributed by atoms with Crippen LogP contribution in [-0.2, 0) is 4.79 Å². The molecule has 0 radical (unpaired) electrons. The first-order valence-corrected chi connectivity index (χ1v) is 9.87. The maximum absolute atomic E-state index is 12.5. The lowest BCUT2D eigenvalue weighted by atomic mass is 10.1. The van der Waals surface area contributed by atoms with Crippen molar-refractivity contribution in [1.29, 1.82) is 0 Å². The molecule has 3 amide bonds. The second kappa shape index (κ2) is 9.04. The minimum Gasteiger partial charge on any atom is -0.326 e. The van der Waals surface area contributed by atoms with Gasteiger partial charge < -0.3 is 5.32 Å². The van der Waals surface area contributed by atoms with E-state index in [0.29, 0.717) is 36.4 Å². The van der Waals surface area contributed by atoms with Gasteiger partial charge in [0.15, 0.2) is 0 Å². The zero-order valence-corrected chi connectivity index (χ0v) is 17.1. The third-order valence-electron chi connectivity index (χ3n) is 4.92. The minimum absolute atomic E-state index is 0.0620. The highest BCUT2D eigenvalue weighted by molar-refractivity contribution is 6.30. The van der Waals surface area contributed by atoms with Crippen LogP contribution in [0, 0.1) is 17.0 Å². The highest BCUT2D eigenvalue weighted by atomic mass is 35.5. The number of benzene rings is 2. The number of hydrogen-bond donors (Lipinski definition) is 1. The number of carbonyl (C=O) groups is 3. The summed E-state index contributed by atoms with van der Waals surface area (Å²) in [6.45, 7) is 2.01. The van der Waals surface area contributed by atoms with Crippen molar-refractivity contribution in [2.45, 2.75) is 32.6 Å². The van der Waals surface area contributed by atoms with E-state index in [2.05, 4.69) is 5.32 Å². The second-order valence-electron chi connectivity index (χ2n) is 7.04. The third-order valence-corrected chi connectivity index (χ3v) is 5.16. The molecule has 0 atom stereocenters. The molecule has 9 heteroatoms. The number of rotatable bonds is 8. The number of nitro benzene ring substituents is 1. The molecular formula is C21H20ClN3O5. The van der Waals surface area contributed by atoms with Gasteiger partial charge in [-0.3, -0.25) is 29.4 Å². The van der Waals surface area contributed by atoms with Crippen LogP contribution in [-0.4, -0.2) is 34.1 Å². The lowest BCUT2D eigenvalue weighted by Crippen LogP contribution is -2.30. The summed E-state index contributed by atoms with van der Waals surface area (Å²) in [5.74, 6) is -1.29. The Kier molecular flexibility index (Phi) is 6.47. The van der Waals surface area contributed by atoms with Crippen molar-refractivity contribution in [3.63, 3.8) is 0 Å². The Morgan fingerprint density at radius 3 is 2.60 bits per heavy atom. The summed E-state index contributed by atoms with van der Waals surface area (Å²) in [5, 5.41) is 14.6. The number of unbranched alkanes of at least 4 members (excludes halogenated alkanes) is 2. The van der Waals surface area contributed by atoms with Gasteiger partial charge >= 0.3 is 0 Å². The van der Waals surface area contributed by atoms with Gasteiger partial charge in [0.2, 0.25) is 5.91 Å². The van der Waals surface area contributed by atoms with Crippen LogP contribution >= 0.6 is 11.6 Å². The second-order valence-corrected chi connectivity index (χ2v) is 7.47. The molecule has 0 spiro atoms. The summed E-state index contributed by atoms with van der Waals surface area (Å²) in [7, 11) is 0. The van der Waals surface area contributed by atoms with E-state index in [1.54, 1.807) is 18.2 Å². The molecule has 30 heavy (non-hydrogen) atoms. The highest BCUT2D eigenvalue weighted by Gasteiger charge is 2.40. The molecule has 0 saturated carbocycles. The van der Waals surface area contributed by atoms with E-state index in [9.17, 15) is 24.5 Å². The van der Waals surface area contributed by atoms with Gasteiger partial charge in [-0.1, -0.05) is 24.1 Å². The van der Waals surface area contributed by atoms with E-state index < -0.39 is 16.7 Å². The summed E-state index contributed by atoms with van der Waals surface area (Å²) >= 11 is 5.90. The number of nitrogens with one attached hydrogen (secondary N) is 1. The molecule has 1 aliphatic heterocycles. The van der Waals surface area contributed by atoms with Crippen LogP contribution in [0.1, 0.15) is 52.0 Å². The van der Waals surface area contributed by atoms with Crippen molar-refractivity contribution in [1.82, 2.24) is 4.90 Å². The Balaban J connectivity index is 1.47. The fraction of sp³-hybridized carbons (Fsp3) is 0.286. The van der Waals surface area contributed by atoms with Crippen molar-refractivity contribution in [3.05, 3.63) is 68.2 Å². The van der Waals surface area contributed by atoms with Crippen molar-refractivity contribution < 1.29 is 19.3 Å². The summed E-state index contributed by atoms with van der Waals surface area (Å²) in [4.78, 5) is 48.5. The number of hydrogen-bond acceptors (Lipinski definition) is 5. The molecule has 0 aliphatic carbocycles. The van der Waals surface area contributed by atoms with Gasteiger partial charge in [-0.15, -0.1) is 0 Å². The Labute approximate surface area is 178 Å². The molecule has 0 unspecified atom stereocenters. The lowest BCUT2D eigenvalue weighted by molar-refractivity contribution is -0.385. The molecule has 156 valence electrons. The number of carbonyl (C=O) groups excluding carboxylic acids is 3. The highest BCUT2D eigenvalue weighted by Crippen LogP contribution is 2.30. The van der Waals surface area contributed by atoms with Crippen LogP contribution in [0.4, 0.5) is 11.4 Å². The van der Waals surface area contributed by atoms with Crippen LogP contribution in [0.25, 0.3) is 0 Å². The number of imide groups is 1. The number of fused-ring (bicyclic) bond motifs is 1. The predicted octanol–water partition coefficient (Wildman–Crippen LogP) is 4.35. The first kappa shape index (κ1) is 21.4. The average Bonchev–Trinajstić information content (AvgIpc) is 2.94. The zero-order chi connectivity index (χ0) is 21.8. The maximum Gasteiger partial charge on any atom is 0.282 e. The maximum atomic E-state index is 12.5. The number of halogens is 1. The van der Waals surface area contributed by atoms with Crippen LogP contribution in [0.15, 0.2) is 36.4 Å². The van der Waals surface area contributed by atoms with Crippen molar-refractivity contribution in [2.75, 3.05) is 11.9 Å². The van der Waals surface area contributed by atoms with Crippen LogP contribution in [0.2, 0.25) is 5.02 Å². The fourth-order valence-electron chi connectivity index (χ4n) is 3.38. The van der Waals surface area contributed by atoms with Crippen molar-refractivity contribution in [2.24, 2.45) is 0 Å². The molecule has 0 saturated heterocycles. The Hall–Kier alpha value is -3.26. The van der Waals surface area contributed by atoms with E-state index in [1.807, 2.05) is 6.92 Å². The Morgan fingerprint density at radius 1 is 1.13 bits per heavy atom. The number of nitrogens with zero attached hydrogens (tertiary/aromatic N) is 2. The Bertz CT molecular complexity index is 1040. The molecule has 1 N–H and O–H groups in total. The topological polar surface area (TPSA) is 110 Å². The van der Waals surface area contributed by atoms with Crippen molar-refractivity contribution in [3.8, 4) is 0 Å². The summed E-state index contributed by atoms with van der Waals surface area (Å²) < 4.78 is 0. The smallest absolute Gasteiger partial charge is 0.282 e. The first-order valence-electron chi connectivity index (χ1n) is 9.49. The van der Waals surface area contributed by atoms with Crippen LogP contribution < -0.4 is 5.32 Å². The molecule has 0 bridgehead atoms. The number of anilines is 1. The molecule has 8 nitrogen and oxygen atoms in total. The predicted molar refractivity (Wildman–Crippen MR) is 112 cm³/mol. The lowest BCUT2D eigenvalue weighted by Gasteiger charge is -2.13. The van der Waals surface area contributed by atoms with E-state index in [-0.39, 0.29) is 29.3 Å². The molecular weight excluding hydrogens is 410 g/mol. The molecule has 2 aromatic carbocycles. The first-order chi connectivity index (χ1) is 14.3. The zero-order valence-electron chi connectivity index (χ0n) is 16.3. The number of aryl methyl sites for hydroxylation is 1. The van der Waals surface area contributed by atoms with Gasteiger partial charge in [-0.2, -0.15) is 0 Å². The average molecular weight is 430 g/mol. The monoisotopic (exact) mass is 429 g/mol. The molecule has 1 aliphatic rings. The van der Waals surface area contributed by atoms with Gasteiger partial charge in [0.1, 0.15) is 5.56 Å². The van der Waals surface area contributed by atoms with Crippen LogP contribution in [0.3, 0.4) is 0 Å². The van der Waals surface area contributed by atoms with Gasteiger partial charge in [0, 0.05) is 29.7 Å². The standard InChI is InChI=1S/C21H20ClN3O5/c1-13-12-14(22)9-10-16(13)23-18(26)8-3-2-4-11-24-20(27)15-6-5-7-17(25(29)30)19(15)21(24)28/h5-7,9-10,12H,2-4,8,11H2,1H3,(H,23,26).